The molecule has 4 aromatic carbocycles. The average molecular weight is 472 g/mol. The van der Waals surface area contributed by atoms with E-state index in [0.717, 1.165) is 12.8 Å². The number of hydrogen-bond donors (Lipinski definition) is 0. The van der Waals surface area contributed by atoms with Gasteiger partial charge in [0.25, 0.3) is 0 Å². The van der Waals surface area contributed by atoms with Gasteiger partial charge in [0.2, 0.25) is 0 Å². The van der Waals surface area contributed by atoms with E-state index in [1.807, 2.05) is 0 Å². The van der Waals surface area contributed by atoms with Gasteiger partial charge < -0.3 is 0 Å². The lowest BCUT2D eigenvalue weighted by atomic mass is 9.88. The lowest BCUT2D eigenvalue weighted by Gasteiger charge is -2.18. The van der Waals surface area contributed by atoms with E-state index in [-0.39, 0.29) is 0 Å². The van der Waals surface area contributed by atoms with Crippen molar-refractivity contribution >= 4 is 64.2 Å². The number of hydrogen-bond acceptors (Lipinski definition) is 0. The van der Waals surface area contributed by atoms with Gasteiger partial charge in [-0.05, 0) is 81.3 Å². The molecule has 2 heteroatoms. The second kappa shape index (κ2) is 7.48. The Kier molecular flexibility index (Phi) is 5.25. The first kappa shape index (κ1) is 18.3. The molecule has 0 nitrogen and oxygen atoms in total. The summed E-state index contributed by atoms with van der Waals surface area (Å²) >= 11 is 7.70. The maximum absolute atomic E-state index is 3.85. The fourth-order valence-electron chi connectivity index (χ4n) is 4.19. The molecule has 0 spiro atoms. The maximum Gasteiger partial charge on any atom is 0.0257 e. The quantitative estimate of drug-likeness (QED) is 0.246. The number of unbranched alkanes of at least 4 members (excludes halogenated alkanes) is 2. The number of benzene rings is 4. The minimum atomic E-state index is 1.15. The van der Waals surface area contributed by atoms with E-state index in [1.165, 1.54) is 78.1 Å². The summed E-state index contributed by atoms with van der Waals surface area (Å²) in [5.74, 6) is 0. The van der Waals surface area contributed by atoms with Crippen LogP contribution in [0.1, 0.15) is 50.7 Å². The molecule has 0 N–H and O–H groups in total. The molecule has 0 atom stereocenters. The van der Waals surface area contributed by atoms with Crippen LogP contribution in [0.15, 0.2) is 45.3 Å². The molecular formula is C24H24Br2. The highest BCUT2D eigenvalue weighted by Crippen LogP contribution is 2.43. The second-order valence-corrected chi connectivity index (χ2v) is 9.02. The molecule has 0 aromatic heterocycles. The molecule has 134 valence electrons. The van der Waals surface area contributed by atoms with Gasteiger partial charge in [-0.3, -0.25) is 0 Å². The van der Waals surface area contributed by atoms with Crippen molar-refractivity contribution in [3.8, 4) is 0 Å². The fraction of sp³-hybridized carbons (Fsp3) is 0.333. The molecule has 0 fully saturated rings. The minimum Gasteiger partial charge on any atom is -0.0654 e. The first-order valence-electron chi connectivity index (χ1n) is 9.73. The largest absolute Gasteiger partial charge is 0.0654 e. The van der Waals surface area contributed by atoms with E-state index in [1.54, 1.807) is 0 Å². The molecule has 0 heterocycles. The normalized spacial score (nSPS) is 12.0. The van der Waals surface area contributed by atoms with Gasteiger partial charge in [-0.15, -0.1) is 0 Å². The Morgan fingerprint density at radius 1 is 0.615 bits per heavy atom. The minimum absolute atomic E-state index is 1.15. The van der Waals surface area contributed by atoms with Gasteiger partial charge in [0.15, 0.2) is 0 Å². The van der Waals surface area contributed by atoms with Crippen molar-refractivity contribution in [3.63, 3.8) is 0 Å². The van der Waals surface area contributed by atoms with Gasteiger partial charge >= 0.3 is 0 Å². The predicted molar refractivity (Wildman–Crippen MR) is 123 cm³/mol. The van der Waals surface area contributed by atoms with Gasteiger partial charge in [-0.2, -0.15) is 0 Å². The van der Waals surface area contributed by atoms with Crippen LogP contribution < -0.4 is 0 Å². The van der Waals surface area contributed by atoms with Gasteiger partial charge in [0.1, 0.15) is 0 Å². The molecular weight excluding hydrogens is 448 g/mol. The van der Waals surface area contributed by atoms with E-state index in [9.17, 15) is 0 Å². The zero-order chi connectivity index (χ0) is 18.3. The summed E-state index contributed by atoms with van der Waals surface area (Å²) in [6, 6.07) is 14.0. The predicted octanol–water partition coefficient (Wildman–Crippen LogP) is 8.79. The SMILES string of the molecule is CCCCc1cc(Br)c2ccc3c(CCCC)cc(Br)c4ccc1c2c43. The van der Waals surface area contributed by atoms with Crippen LogP contribution in [0.2, 0.25) is 0 Å². The first-order valence-corrected chi connectivity index (χ1v) is 11.3. The van der Waals surface area contributed by atoms with Crippen LogP contribution in [-0.2, 0) is 12.8 Å². The van der Waals surface area contributed by atoms with E-state index >= 15 is 0 Å². The topological polar surface area (TPSA) is 0 Å². The molecule has 0 saturated heterocycles. The Morgan fingerprint density at radius 3 is 1.38 bits per heavy atom. The van der Waals surface area contributed by atoms with Crippen molar-refractivity contribution in [2.45, 2.75) is 52.4 Å². The molecule has 0 saturated carbocycles. The zero-order valence-electron chi connectivity index (χ0n) is 15.5. The zero-order valence-corrected chi connectivity index (χ0v) is 18.6. The van der Waals surface area contributed by atoms with Crippen LogP contribution in [-0.4, -0.2) is 0 Å². The van der Waals surface area contributed by atoms with Crippen molar-refractivity contribution < 1.29 is 0 Å². The monoisotopic (exact) mass is 470 g/mol. The smallest absolute Gasteiger partial charge is 0.0257 e. The summed E-state index contributed by atoms with van der Waals surface area (Å²) in [6.45, 7) is 4.53. The molecule has 26 heavy (non-hydrogen) atoms. The lowest BCUT2D eigenvalue weighted by molar-refractivity contribution is 0.798. The van der Waals surface area contributed by atoms with Crippen LogP contribution in [0.25, 0.3) is 32.3 Å². The van der Waals surface area contributed by atoms with Crippen molar-refractivity contribution in [2.24, 2.45) is 0 Å². The summed E-state index contributed by atoms with van der Waals surface area (Å²) in [4.78, 5) is 0. The molecule has 0 unspecified atom stereocenters. The van der Waals surface area contributed by atoms with Crippen molar-refractivity contribution in [1.82, 2.24) is 0 Å². The Bertz CT molecular complexity index is 991. The molecule has 0 radical (unpaired) electrons. The van der Waals surface area contributed by atoms with E-state index in [0.29, 0.717) is 0 Å². The van der Waals surface area contributed by atoms with Gasteiger partial charge in [0.05, 0.1) is 0 Å². The molecule has 0 aliphatic heterocycles. The standard InChI is InChI=1S/C24H24Br2/c1-3-5-7-15-13-21(25)19-12-10-18-16(8-6-4-2)14-22(26)20-11-9-17(15)23(19)24(18)20/h9-14H,3-8H2,1-2H3. The van der Waals surface area contributed by atoms with Gasteiger partial charge in [-0.1, -0.05) is 82.8 Å². The molecule has 0 aliphatic rings. The first-order chi connectivity index (χ1) is 12.7. The van der Waals surface area contributed by atoms with Crippen molar-refractivity contribution in [2.75, 3.05) is 0 Å². The van der Waals surface area contributed by atoms with Crippen LogP contribution in [0.5, 0.6) is 0 Å². The number of aryl methyl sites for hydroxylation is 2. The Labute approximate surface area is 172 Å². The number of halogens is 2. The van der Waals surface area contributed by atoms with Crippen LogP contribution >= 0.6 is 31.9 Å². The summed E-state index contributed by atoms with van der Waals surface area (Å²) in [5, 5.41) is 8.37. The van der Waals surface area contributed by atoms with E-state index in [4.69, 9.17) is 0 Å². The van der Waals surface area contributed by atoms with Gasteiger partial charge in [0, 0.05) is 8.95 Å². The van der Waals surface area contributed by atoms with E-state index < -0.39 is 0 Å². The van der Waals surface area contributed by atoms with E-state index in [2.05, 4.69) is 82.1 Å². The molecule has 0 bridgehead atoms. The third-order valence-electron chi connectivity index (χ3n) is 5.57. The fourth-order valence-corrected chi connectivity index (χ4v) is 5.41. The summed E-state index contributed by atoms with van der Waals surface area (Å²) in [7, 11) is 0. The summed E-state index contributed by atoms with van der Waals surface area (Å²) < 4.78 is 2.45. The maximum atomic E-state index is 3.85. The summed E-state index contributed by atoms with van der Waals surface area (Å²) in [6.07, 6.45) is 7.22. The Morgan fingerprint density at radius 2 is 1.00 bits per heavy atom. The lowest BCUT2D eigenvalue weighted by Crippen LogP contribution is -1.95. The summed E-state index contributed by atoms with van der Waals surface area (Å²) in [5.41, 5.74) is 2.94. The molecule has 4 rings (SSSR count). The highest BCUT2D eigenvalue weighted by Gasteiger charge is 2.16. The Balaban J connectivity index is 2.11. The molecule has 0 aliphatic carbocycles. The number of rotatable bonds is 6. The van der Waals surface area contributed by atoms with Crippen molar-refractivity contribution in [3.05, 3.63) is 56.5 Å². The third kappa shape index (κ3) is 2.96. The van der Waals surface area contributed by atoms with Crippen molar-refractivity contribution in [1.29, 1.82) is 0 Å². The Hall–Kier alpha value is -1.12. The third-order valence-corrected chi connectivity index (χ3v) is 6.88. The van der Waals surface area contributed by atoms with Crippen LogP contribution in [0.4, 0.5) is 0 Å². The van der Waals surface area contributed by atoms with Gasteiger partial charge in [-0.25, -0.2) is 0 Å². The van der Waals surface area contributed by atoms with Crippen LogP contribution in [0.3, 0.4) is 0 Å². The highest BCUT2D eigenvalue weighted by molar-refractivity contribution is 9.11. The molecule has 4 aromatic rings. The highest BCUT2D eigenvalue weighted by atomic mass is 79.9. The second-order valence-electron chi connectivity index (χ2n) is 7.31. The van der Waals surface area contributed by atoms with Crippen LogP contribution in [0, 0.1) is 0 Å². The molecule has 0 amide bonds. The average Bonchev–Trinajstić information content (AvgIpc) is 2.65.